The summed E-state index contributed by atoms with van der Waals surface area (Å²) < 4.78 is 10.3. The predicted molar refractivity (Wildman–Crippen MR) is 99.8 cm³/mol. The van der Waals surface area contributed by atoms with Gasteiger partial charge in [-0.25, -0.2) is 4.98 Å². The topological polar surface area (TPSA) is 72.0 Å². The lowest BCUT2D eigenvalue weighted by Crippen LogP contribution is -2.50. The van der Waals surface area contributed by atoms with E-state index in [0.29, 0.717) is 55.5 Å². The van der Waals surface area contributed by atoms with Crippen LogP contribution in [0.3, 0.4) is 0 Å². The molecule has 1 aliphatic heterocycles. The molecule has 1 aromatic carbocycles. The number of para-hydroxylation sites is 1. The highest BCUT2D eigenvalue weighted by Crippen LogP contribution is 2.20. The minimum absolute atomic E-state index is 0.0836. The van der Waals surface area contributed by atoms with E-state index in [0.717, 1.165) is 0 Å². The number of benzene rings is 1. The molecule has 27 heavy (non-hydrogen) atoms. The quantitative estimate of drug-likeness (QED) is 0.804. The van der Waals surface area contributed by atoms with Crippen molar-refractivity contribution in [2.45, 2.75) is 6.61 Å². The number of rotatable bonds is 5. The zero-order valence-electron chi connectivity index (χ0n) is 15.6. The fourth-order valence-electron chi connectivity index (χ4n) is 3.09. The first-order valence-corrected chi connectivity index (χ1v) is 8.80. The second-order valence-electron chi connectivity index (χ2n) is 6.23. The van der Waals surface area contributed by atoms with Crippen molar-refractivity contribution in [3.63, 3.8) is 0 Å². The highest BCUT2D eigenvalue weighted by molar-refractivity contribution is 5.97. The summed E-state index contributed by atoms with van der Waals surface area (Å²) >= 11 is 0. The van der Waals surface area contributed by atoms with Gasteiger partial charge in [0.15, 0.2) is 0 Å². The third-order valence-corrected chi connectivity index (χ3v) is 4.51. The fraction of sp³-hybridized carbons (Fsp3) is 0.350. The molecule has 0 aliphatic carbocycles. The van der Waals surface area contributed by atoms with Crippen LogP contribution in [0, 0.1) is 0 Å². The monoisotopic (exact) mass is 369 g/mol. The molecule has 0 spiro atoms. The first kappa shape index (κ1) is 18.8. The van der Waals surface area contributed by atoms with Gasteiger partial charge in [0.05, 0.1) is 25.0 Å². The molecule has 0 bridgehead atoms. The molecule has 1 aliphatic rings. The summed E-state index contributed by atoms with van der Waals surface area (Å²) in [6, 6.07) is 12.5. The first-order valence-electron chi connectivity index (χ1n) is 8.80. The molecule has 1 saturated heterocycles. The summed E-state index contributed by atoms with van der Waals surface area (Å²) in [6.45, 7) is 2.24. The Bertz CT molecular complexity index is 816. The maximum Gasteiger partial charge on any atom is 0.272 e. The van der Waals surface area contributed by atoms with Crippen LogP contribution in [0.25, 0.3) is 0 Å². The van der Waals surface area contributed by atoms with E-state index in [4.69, 9.17) is 9.47 Å². The molecule has 1 fully saturated rings. The van der Waals surface area contributed by atoms with Gasteiger partial charge < -0.3 is 19.3 Å². The number of carbonyl (C=O) groups is 2. The van der Waals surface area contributed by atoms with Gasteiger partial charge in [-0.1, -0.05) is 18.2 Å². The van der Waals surface area contributed by atoms with Crippen LogP contribution in [0.4, 0.5) is 0 Å². The minimum Gasteiger partial charge on any atom is -0.496 e. The highest BCUT2D eigenvalue weighted by Gasteiger charge is 2.27. The molecule has 7 nitrogen and oxygen atoms in total. The Kier molecular flexibility index (Phi) is 6.03. The normalized spacial score (nSPS) is 14.1. The van der Waals surface area contributed by atoms with Crippen molar-refractivity contribution in [2.24, 2.45) is 0 Å². The summed E-state index contributed by atoms with van der Waals surface area (Å²) in [5.41, 5.74) is 1.65. The van der Waals surface area contributed by atoms with E-state index < -0.39 is 0 Å². The van der Waals surface area contributed by atoms with E-state index in [9.17, 15) is 9.59 Å². The van der Waals surface area contributed by atoms with Crippen LogP contribution in [0.2, 0.25) is 0 Å². The zero-order valence-corrected chi connectivity index (χ0v) is 15.6. The minimum atomic E-state index is -0.127. The van der Waals surface area contributed by atoms with Crippen LogP contribution in [0.15, 0.2) is 42.5 Å². The molecule has 7 heteroatoms. The molecule has 2 heterocycles. The lowest BCUT2D eigenvalue weighted by molar-refractivity contribution is 0.0530. The van der Waals surface area contributed by atoms with Crippen molar-refractivity contribution < 1.29 is 19.1 Å². The molecule has 0 unspecified atom stereocenters. The molecular weight excluding hydrogens is 346 g/mol. The molecule has 0 saturated carbocycles. The van der Waals surface area contributed by atoms with Crippen LogP contribution < -0.4 is 4.74 Å². The van der Waals surface area contributed by atoms with Crippen molar-refractivity contribution in [3.8, 4) is 5.75 Å². The summed E-state index contributed by atoms with van der Waals surface area (Å²) in [6.07, 6.45) is 0. The number of hydrogen-bond donors (Lipinski definition) is 0. The largest absolute Gasteiger partial charge is 0.496 e. The first-order chi connectivity index (χ1) is 13.1. The molecule has 2 aromatic rings. The van der Waals surface area contributed by atoms with Gasteiger partial charge in [0.25, 0.3) is 11.8 Å². The van der Waals surface area contributed by atoms with Gasteiger partial charge in [0.1, 0.15) is 11.4 Å². The van der Waals surface area contributed by atoms with E-state index in [1.54, 1.807) is 48.3 Å². The fourth-order valence-corrected chi connectivity index (χ4v) is 3.09. The third-order valence-electron chi connectivity index (χ3n) is 4.51. The highest BCUT2D eigenvalue weighted by atomic mass is 16.5. The molecular formula is C20H23N3O4. The van der Waals surface area contributed by atoms with Gasteiger partial charge >= 0.3 is 0 Å². The lowest BCUT2D eigenvalue weighted by atomic mass is 10.1. The van der Waals surface area contributed by atoms with Gasteiger partial charge in [-0.05, 0) is 24.3 Å². The van der Waals surface area contributed by atoms with Crippen molar-refractivity contribution in [1.29, 1.82) is 0 Å². The summed E-state index contributed by atoms with van der Waals surface area (Å²) in [4.78, 5) is 33.3. The van der Waals surface area contributed by atoms with E-state index >= 15 is 0 Å². The summed E-state index contributed by atoms with van der Waals surface area (Å²) in [5.74, 6) is 0.345. The van der Waals surface area contributed by atoms with Crippen molar-refractivity contribution >= 4 is 11.8 Å². The lowest BCUT2D eigenvalue weighted by Gasteiger charge is -2.34. The maximum atomic E-state index is 12.8. The second-order valence-corrected chi connectivity index (χ2v) is 6.23. The van der Waals surface area contributed by atoms with Crippen LogP contribution in [0.1, 0.15) is 26.5 Å². The number of aromatic nitrogens is 1. The third kappa shape index (κ3) is 4.25. The Morgan fingerprint density at radius 3 is 2.26 bits per heavy atom. The number of piperazine rings is 1. The number of methoxy groups -OCH3 is 2. The Morgan fingerprint density at radius 2 is 1.59 bits per heavy atom. The SMILES string of the molecule is COCc1cccc(C(=O)N2CCN(C(=O)c3ccccc3OC)CC2)n1. The molecule has 2 amide bonds. The number of ether oxygens (including phenoxy) is 2. The van der Waals surface area contributed by atoms with Crippen LogP contribution in [-0.4, -0.2) is 67.0 Å². The van der Waals surface area contributed by atoms with E-state index in [2.05, 4.69) is 4.98 Å². The number of amides is 2. The molecule has 0 atom stereocenters. The van der Waals surface area contributed by atoms with Crippen LogP contribution in [-0.2, 0) is 11.3 Å². The van der Waals surface area contributed by atoms with Crippen LogP contribution in [0.5, 0.6) is 5.75 Å². The average molecular weight is 369 g/mol. The van der Waals surface area contributed by atoms with E-state index in [1.165, 1.54) is 0 Å². The van der Waals surface area contributed by atoms with E-state index in [1.807, 2.05) is 18.2 Å². The molecule has 1 aromatic heterocycles. The smallest absolute Gasteiger partial charge is 0.272 e. The number of pyridine rings is 1. The van der Waals surface area contributed by atoms with Gasteiger partial charge in [-0.2, -0.15) is 0 Å². The molecule has 0 N–H and O–H groups in total. The maximum absolute atomic E-state index is 12.8. The number of carbonyl (C=O) groups excluding carboxylic acids is 2. The predicted octanol–water partition coefficient (Wildman–Crippen LogP) is 1.83. The number of nitrogens with zero attached hydrogens (tertiary/aromatic N) is 3. The molecule has 142 valence electrons. The molecule has 0 radical (unpaired) electrons. The van der Waals surface area contributed by atoms with Gasteiger partial charge in [0, 0.05) is 33.3 Å². The Balaban J connectivity index is 1.64. The number of hydrogen-bond acceptors (Lipinski definition) is 5. The zero-order chi connectivity index (χ0) is 19.2. The van der Waals surface area contributed by atoms with E-state index in [-0.39, 0.29) is 11.8 Å². The van der Waals surface area contributed by atoms with Crippen molar-refractivity contribution in [1.82, 2.24) is 14.8 Å². The van der Waals surface area contributed by atoms with Gasteiger partial charge in [-0.15, -0.1) is 0 Å². The Hall–Kier alpha value is -2.93. The van der Waals surface area contributed by atoms with Crippen LogP contribution >= 0.6 is 0 Å². The Labute approximate surface area is 158 Å². The standard InChI is InChI=1S/C20H23N3O4/c1-26-14-15-6-5-8-17(21-15)20(25)23-12-10-22(11-13-23)19(24)16-7-3-4-9-18(16)27-2/h3-9H,10-14H2,1-2H3. The summed E-state index contributed by atoms with van der Waals surface area (Å²) in [5, 5.41) is 0. The Morgan fingerprint density at radius 1 is 0.926 bits per heavy atom. The second kappa shape index (κ2) is 8.64. The van der Waals surface area contributed by atoms with Gasteiger partial charge in [-0.3, -0.25) is 9.59 Å². The summed E-state index contributed by atoms with van der Waals surface area (Å²) in [7, 11) is 3.14. The average Bonchev–Trinajstić information content (AvgIpc) is 2.73. The van der Waals surface area contributed by atoms with Gasteiger partial charge in [0.2, 0.25) is 0 Å². The van der Waals surface area contributed by atoms with Crippen molar-refractivity contribution in [3.05, 3.63) is 59.4 Å². The molecule has 3 rings (SSSR count). The van der Waals surface area contributed by atoms with Crippen molar-refractivity contribution in [2.75, 3.05) is 40.4 Å².